The van der Waals surface area contributed by atoms with E-state index in [1.54, 1.807) is 23.1 Å². The number of rotatable bonds is 5. The van der Waals surface area contributed by atoms with Gasteiger partial charge in [-0.15, -0.1) is 0 Å². The van der Waals surface area contributed by atoms with Crippen molar-refractivity contribution in [3.05, 3.63) is 54.1 Å². The van der Waals surface area contributed by atoms with Crippen LogP contribution in [-0.2, 0) is 15.8 Å². The number of piperidine rings is 1. The fourth-order valence-corrected chi connectivity index (χ4v) is 4.68. The molecule has 0 spiro atoms. The van der Waals surface area contributed by atoms with Gasteiger partial charge in [0, 0.05) is 24.5 Å². The SMILES string of the molecule is O=C(c1ccoc1)N1CCC(NS(=O)(=O)Cc2noc3ccccc23)CC1. The van der Waals surface area contributed by atoms with Crippen LogP contribution in [0.4, 0.5) is 0 Å². The maximum atomic E-state index is 12.5. The second-order valence-corrected chi connectivity index (χ2v) is 8.33. The average Bonchev–Trinajstić information content (AvgIpc) is 3.32. The number of likely N-dealkylation sites (tertiary alicyclic amines) is 1. The van der Waals surface area contributed by atoms with E-state index in [4.69, 9.17) is 8.94 Å². The summed E-state index contributed by atoms with van der Waals surface area (Å²) in [5, 5.41) is 4.58. The van der Waals surface area contributed by atoms with Crippen LogP contribution < -0.4 is 4.72 Å². The normalized spacial score (nSPS) is 16.1. The van der Waals surface area contributed by atoms with Crippen LogP contribution in [0.3, 0.4) is 0 Å². The lowest BCUT2D eigenvalue weighted by atomic mass is 10.1. The Bertz CT molecular complexity index is 1030. The van der Waals surface area contributed by atoms with Gasteiger partial charge in [-0.05, 0) is 31.0 Å². The fraction of sp³-hybridized carbons (Fsp3) is 0.333. The van der Waals surface area contributed by atoms with Crippen molar-refractivity contribution in [3.63, 3.8) is 0 Å². The van der Waals surface area contributed by atoms with Crippen LogP contribution in [0.1, 0.15) is 28.9 Å². The van der Waals surface area contributed by atoms with Crippen LogP contribution in [0, 0.1) is 0 Å². The van der Waals surface area contributed by atoms with Crippen LogP contribution in [0.25, 0.3) is 11.0 Å². The molecule has 0 aliphatic carbocycles. The number of furan rings is 1. The number of fused-ring (bicyclic) bond motifs is 1. The monoisotopic (exact) mass is 389 g/mol. The minimum atomic E-state index is -3.57. The lowest BCUT2D eigenvalue weighted by molar-refractivity contribution is 0.0710. The first-order chi connectivity index (χ1) is 13.0. The molecule has 3 aromatic rings. The molecule has 1 N–H and O–H groups in total. The molecule has 0 atom stereocenters. The Hall–Kier alpha value is -2.65. The topological polar surface area (TPSA) is 106 Å². The zero-order chi connectivity index (χ0) is 18.9. The third-order valence-corrected chi connectivity index (χ3v) is 6.02. The molecule has 1 amide bonds. The molecular weight excluding hydrogens is 370 g/mol. The second kappa shape index (κ2) is 7.16. The lowest BCUT2D eigenvalue weighted by Crippen LogP contribution is -2.46. The van der Waals surface area contributed by atoms with E-state index in [0.717, 1.165) is 0 Å². The fourth-order valence-electron chi connectivity index (χ4n) is 3.29. The number of sulfonamides is 1. The van der Waals surface area contributed by atoms with Crippen LogP contribution in [-0.4, -0.2) is 43.5 Å². The van der Waals surface area contributed by atoms with Crippen LogP contribution >= 0.6 is 0 Å². The number of amides is 1. The van der Waals surface area contributed by atoms with Gasteiger partial charge in [-0.3, -0.25) is 4.79 Å². The largest absolute Gasteiger partial charge is 0.472 e. The van der Waals surface area contributed by atoms with E-state index in [1.165, 1.54) is 12.5 Å². The molecule has 27 heavy (non-hydrogen) atoms. The van der Waals surface area contributed by atoms with Gasteiger partial charge in [-0.25, -0.2) is 13.1 Å². The lowest BCUT2D eigenvalue weighted by Gasteiger charge is -2.32. The van der Waals surface area contributed by atoms with Crippen molar-refractivity contribution in [1.82, 2.24) is 14.8 Å². The van der Waals surface area contributed by atoms with Crippen molar-refractivity contribution < 1.29 is 22.2 Å². The molecule has 1 aromatic carbocycles. The van der Waals surface area contributed by atoms with E-state index in [-0.39, 0.29) is 17.7 Å². The summed E-state index contributed by atoms with van der Waals surface area (Å²) in [5.41, 5.74) is 1.46. The minimum absolute atomic E-state index is 0.0980. The van der Waals surface area contributed by atoms with Gasteiger partial charge in [0.05, 0.1) is 11.8 Å². The van der Waals surface area contributed by atoms with Gasteiger partial charge >= 0.3 is 0 Å². The molecule has 1 fully saturated rings. The Morgan fingerprint density at radius 1 is 1.22 bits per heavy atom. The quantitative estimate of drug-likeness (QED) is 0.717. The molecular formula is C18H19N3O5S. The van der Waals surface area contributed by atoms with Crippen LogP contribution in [0.2, 0.25) is 0 Å². The molecule has 0 bridgehead atoms. The van der Waals surface area contributed by atoms with Gasteiger partial charge in [0.25, 0.3) is 5.91 Å². The number of para-hydroxylation sites is 1. The molecule has 1 saturated heterocycles. The summed E-state index contributed by atoms with van der Waals surface area (Å²) in [4.78, 5) is 14.0. The third kappa shape index (κ3) is 3.88. The molecule has 0 unspecified atom stereocenters. The highest BCUT2D eigenvalue weighted by atomic mass is 32.2. The predicted molar refractivity (Wildman–Crippen MR) is 97.4 cm³/mol. The first-order valence-corrected chi connectivity index (χ1v) is 10.3. The number of carbonyl (C=O) groups is 1. The number of hydrogen-bond acceptors (Lipinski definition) is 6. The minimum Gasteiger partial charge on any atom is -0.472 e. The third-order valence-electron chi connectivity index (χ3n) is 4.68. The van der Waals surface area contributed by atoms with Gasteiger partial charge in [-0.1, -0.05) is 17.3 Å². The first-order valence-electron chi connectivity index (χ1n) is 8.66. The zero-order valence-electron chi connectivity index (χ0n) is 14.5. The molecule has 2 aromatic heterocycles. The van der Waals surface area contributed by atoms with Crippen LogP contribution in [0.5, 0.6) is 0 Å². The maximum Gasteiger partial charge on any atom is 0.257 e. The van der Waals surface area contributed by atoms with Crippen molar-refractivity contribution in [1.29, 1.82) is 0 Å². The standard InChI is InChI=1S/C18H19N3O5S/c22-18(13-7-10-25-11-13)21-8-5-14(6-9-21)20-27(23,24)12-16-15-3-1-2-4-17(15)26-19-16/h1-4,7,10-11,14,20H,5-6,8-9,12H2. The predicted octanol–water partition coefficient (Wildman–Crippen LogP) is 2.15. The molecule has 4 rings (SSSR count). The summed E-state index contributed by atoms with van der Waals surface area (Å²) in [7, 11) is -3.57. The smallest absolute Gasteiger partial charge is 0.257 e. The van der Waals surface area contributed by atoms with Gasteiger partial charge in [-0.2, -0.15) is 0 Å². The Kier molecular flexibility index (Phi) is 4.71. The van der Waals surface area contributed by atoms with Crippen molar-refractivity contribution >= 4 is 26.9 Å². The van der Waals surface area contributed by atoms with E-state index in [2.05, 4.69) is 9.88 Å². The number of carbonyl (C=O) groups excluding carboxylic acids is 1. The van der Waals surface area contributed by atoms with E-state index >= 15 is 0 Å². The van der Waals surface area contributed by atoms with Crippen molar-refractivity contribution in [2.45, 2.75) is 24.6 Å². The number of benzene rings is 1. The molecule has 9 heteroatoms. The highest BCUT2D eigenvalue weighted by Gasteiger charge is 2.27. The van der Waals surface area contributed by atoms with Gasteiger partial charge in [0.15, 0.2) is 5.58 Å². The van der Waals surface area contributed by atoms with Crippen molar-refractivity contribution in [2.75, 3.05) is 13.1 Å². The number of hydrogen-bond donors (Lipinski definition) is 1. The Morgan fingerprint density at radius 2 is 2.00 bits per heavy atom. The number of aromatic nitrogens is 1. The summed E-state index contributed by atoms with van der Waals surface area (Å²) in [6, 6.07) is 8.58. The van der Waals surface area contributed by atoms with Crippen molar-refractivity contribution in [2.24, 2.45) is 0 Å². The molecule has 1 aliphatic heterocycles. The van der Waals surface area contributed by atoms with Gasteiger partial charge in [0.2, 0.25) is 10.0 Å². The second-order valence-electron chi connectivity index (χ2n) is 6.58. The highest BCUT2D eigenvalue weighted by molar-refractivity contribution is 7.88. The summed E-state index contributed by atoms with van der Waals surface area (Å²) < 4.78 is 37.9. The van der Waals surface area contributed by atoms with E-state index in [9.17, 15) is 13.2 Å². The zero-order valence-corrected chi connectivity index (χ0v) is 15.3. The van der Waals surface area contributed by atoms with Crippen molar-refractivity contribution in [3.8, 4) is 0 Å². The summed E-state index contributed by atoms with van der Waals surface area (Å²) in [6.07, 6.45) is 3.99. The number of nitrogens with zero attached hydrogens (tertiary/aromatic N) is 2. The molecule has 0 radical (unpaired) electrons. The van der Waals surface area contributed by atoms with E-state index in [0.29, 0.717) is 48.2 Å². The van der Waals surface area contributed by atoms with Gasteiger partial charge in [0.1, 0.15) is 17.7 Å². The summed E-state index contributed by atoms with van der Waals surface area (Å²) in [5.74, 6) is -0.336. The average molecular weight is 389 g/mol. The summed E-state index contributed by atoms with van der Waals surface area (Å²) in [6.45, 7) is 0.980. The molecule has 3 heterocycles. The Labute approximate surface area is 156 Å². The van der Waals surface area contributed by atoms with E-state index < -0.39 is 10.0 Å². The highest BCUT2D eigenvalue weighted by Crippen LogP contribution is 2.20. The molecule has 1 aliphatic rings. The Balaban J connectivity index is 1.36. The van der Waals surface area contributed by atoms with Gasteiger partial charge < -0.3 is 13.8 Å². The first kappa shape index (κ1) is 17.7. The number of nitrogens with one attached hydrogen (secondary N) is 1. The molecule has 142 valence electrons. The summed E-state index contributed by atoms with van der Waals surface area (Å²) >= 11 is 0. The molecule has 0 saturated carbocycles. The maximum absolute atomic E-state index is 12.5. The van der Waals surface area contributed by atoms with Crippen LogP contribution in [0.15, 0.2) is 51.8 Å². The molecule has 8 nitrogen and oxygen atoms in total. The Morgan fingerprint density at radius 3 is 2.74 bits per heavy atom. The van der Waals surface area contributed by atoms with E-state index in [1.807, 2.05) is 12.1 Å².